The molecular formula is C14H18F2N2O2. The molecule has 1 heterocycles. The SMILES string of the molecule is C[C@]1(N)CN(C(=O)OCc2ccccc2)CC(F)(F)C1. The predicted octanol–water partition coefficient (Wildman–Crippen LogP) is 2.38. The van der Waals surface area contributed by atoms with Crippen LogP contribution in [0.15, 0.2) is 30.3 Å². The average molecular weight is 284 g/mol. The third-order valence-electron chi connectivity index (χ3n) is 3.10. The third-order valence-corrected chi connectivity index (χ3v) is 3.10. The lowest BCUT2D eigenvalue weighted by Gasteiger charge is -2.41. The van der Waals surface area contributed by atoms with E-state index in [1.807, 2.05) is 18.2 Å². The first kappa shape index (κ1) is 14.7. The van der Waals surface area contributed by atoms with Gasteiger partial charge in [0.1, 0.15) is 6.61 Å². The Morgan fingerprint density at radius 3 is 2.60 bits per heavy atom. The van der Waals surface area contributed by atoms with Gasteiger partial charge in [-0.15, -0.1) is 0 Å². The zero-order valence-electron chi connectivity index (χ0n) is 11.3. The number of amides is 1. The van der Waals surface area contributed by atoms with Crippen molar-refractivity contribution in [2.24, 2.45) is 5.73 Å². The van der Waals surface area contributed by atoms with Gasteiger partial charge in [-0.1, -0.05) is 30.3 Å². The van der Waals surface area contributed by atoms with Crippen molar-refractivity contribution in [2.45, 2.75) is 31.4 Å². The molecule has 0 bridgehead atoms. The zero-order valence-corrected chi connectivity index (χ0v) is 11.3. The minimum absolute atomic E-state index is 0.0586. The lowest BCUT2D eigenvalue weighted by atomic mass is 9.90. The number of piperidine rings is 1. The third kappa shape index (κ3) is 3.90. The molecule has 0 spiro atoms. The van der Waals surface area contributed by atoms with Crippen LogP contribution in [0.3, 0.4) is 0 Å². The second kappa shape index (κ2) is 5.36. The molecule has 0 aromatic heterocycles. The number of hydrogen-bond acceptors (Lipinski definition) is 3. The fraction of sp³-hybridized carbons (Fsp3) is 0.500. The summed E-state index contributed by atoms with van der Waals surface area (Å²) in [4.78, 5) is 12.8. The minimum Gasteiger partial charge on any atom is -0.445 e. The van der Waals surface area contributed by atoms with Crippen molar-refractivity contribution in [1.29, 1.82) is 0 Å². The quantitative estimate of drug-likeness (QED) is 0.907. The monoisotopic (exact) mass is 284 g/mol. The number of nitrogens with two attached hydrogens (primary N) is 1. The molecule has 1 fully saturated rings. The van der Waals surface area contributed by atoms with E-state index in [1.54, 1.807) is 12.1 Å². The van der Waals surface area contributed by atoms with E-state index in [0.29, 0.717) is 0 Å². The number of benzene rings is 1. The largest absolute Gasteiger partial charge is 0.445 e. The summed E-state index contributed by atoms with van der Waals surface area (Å²) in [5.74, 6) is -2.98. The van der Waals surface area contributed by atoms with Crippen molar-refractivity contribution in [3.05, 3.63) is 35.9 Å². The topological polar surface area (TPSA) is 55.6 Å². The molecule has 1 amide bonds. The number of rotatable bonds is 2. The van der Waals surface area contributed by atoms with Gasteiger partial charge in [0.25, 0.3) is 5.92 Å². The molecule has 1 saturated heterocycles. The summed E-state index contributed by atoms with van der Waals surface area (Å²) in [6.07, 6.45) is -1.19. The summed E-state index contributed by atoms with van der Waals surface area (Å²) in [5, 5.41) is 0. The van der Waals surface area contributed by atoms with E-state index in [0.717, 1.165) is 10.5 Å². The van der Waals surface area contributed by atoms with Crippen molar-refractivity contribution in [3.63, 3.8) is 0 Å². The number of carbonyl (C=O) groups excluding carboxylic acids is 1. The first-order valence-corrected chi connectivity index (χ1v) is 6.40. The van der Waals surface area contributed by atoms with Gasteiger partial charge in [-0.3, -0.25) is 0 Å². The Hall–Kier alpha value is -1.69. The van der Waals surface area contributed by atoms with E-state index < -0.39 is 30.5 Å². The fourth-order valence-corrected chi connectivity index (χ4v) is 2.41. The fourth-order valence-electron chi connectivity index (χ4n) is 2.41. The standard InChI is InChI=1S/C14H18F2N2O2/c1-13(17)8-14(15,16)10-18(9-13)12(19)20-7-11-5-3-2-4-6-11/h2-6H,7-10,17H2,1H3/t13-/m1/s1. The molecule has 0 radical (unpaired) electrons. The summed E-state index contributed by atoms with van der Waals surface area (Å²) < 4.78 is 32.1. The highest BCUT2D eigenvalue weighted by Gasteiger charge is 2.46. The molecule has 0 aliphatic carbocycles. The Kier molecular flexibility index (Phi) is 3.94. The van der Waals surface area contributed by atoms with Gasteiger partial charge in [-0.25, -0.2) is 13.6 Å². The molecule has 1 aliphatic heterocycles. The van der Waals surface area contributed by atoms with Crippen LogP contribution >= 0.6 is 0 Å². The number of hydrogen-bond donors (Lipinski definition) is 1. The Morgan fingerprint density at radius 2 is 2.00 bits per heavy atom. The van der Waals surface area contributed by atoms with Crippen LogP contribution in [0.1, 0.15) is 18.9 Å². The Bertz CT molecular complexity index is 461. The van der Waals surface area contributed by atoms with Crippen LogP contribution in [0.4, 0.5) is 13.6 Å². The van der Waals surface area contributed by atoms with Crippen LogP contribution in [-0.2, 0) is 11.3 Å². The first-order chi connectivity index (χ1) is 9.27. The Balaban J connectivity index is 1.95. The molecule has 1 aliphatic rings. The van der Waals surface area contributed by atoms with Crippen LogP contribution in [0, 0.1) is 0 Å². The van der Waals surface area contributed by atoms with Gasteiger partial charge < -0.3 is 15.4 Å². The van der Waals surface area contributed by atoms with Crippen LogP contribution < -0.4 is 5.73 Å². The van der Waals surface area contributed by atoms with Crippen LogP contribution in [-0.4, -0.2) is 35.5 Å². The maximum Gasteiger partial charge on any atom is 0.410 e. The molecule has 6 heteroatoms. The molecule has 1 aromatic carbocycles. The maximum absolute atomic E-state index is 13.5. The van der Waals surface area contributed by atoms with Gasteiger partial charge in [-0.05, 0) is 12.5 Å². The Labute approximate surface area is 116 Å². The van der Waals surface area contributed by atoms with Crippen LogP contribution in [0.25, 0.3) is 0 Å². The molecule has 2 rings (SSSR count). The van der Waals surface area contributed by atoms with Crippen molar-refractivity contribution < 1.29 is 18.3 Å². The van der Waals surface area contributed by atoms with E-state index in [9.17, 15) is 13.6 Å². The summed E-state index contributed by atoms with van der Waals surface area (Å²) in [6.45, 7) is 0.990. The summed E-state index contributed by atoms with van der Waals surface area (Å²) in [5.41, 5.74) is 5.46. The molecule has 20 heavy (non-hydrogen) atoms. The molecule has 0 saturated carbocycles. The van der Waals surface area contributed by atoms with Crippen molar-refractivity contribution in [2.75, 3.05) is 13.1 Å². The number of halogens is 2. The van der Waals surface area contributed by atoms with Gasteiger partial charge in [0.15, 0.2) is 0 Å². The Morgan fingerprint density at radius 1 is 1.35 bits per heavy atom. The number of ether oxygens (including phenoxy) is 1. The molecule has 0 unspecified atom stereocenters. The number of alkyl halides is 2. The van der Waals surface area contributed by atoms with Crippen molar-refractivity contribution >= 4 is 6.09 Å². The second-order valence-electron chi connectivity index (χ2n) is 5.58. The van der Waals surface area contributed by atoms with Crippen LogP contribution in [0.5, 0.6) is 0 Å². The molecule has 110 valence electrons. The van der Waals surface area contributed by atoms with E-state index in [2.05, 4.69) is 0 Å². The van der Waals surface area contributed by atoms with Crippen molar-refractivity contribution in [1.82, 2.24) is 4.90 Å². The van der Waals surface area contributed by atoms with Gasteiger partial charge in [0.05, 0.1) is 6.54 Å². The summed E-state index contributed by atoms with van der Waals surface area (Å²) in [6, 6.07) is 9.07. The first-order valence-electron chi connectivity index (χ1n) is 6.40. The lowest BCUT2D eigenvalue weighted by molar-refractivity contribution is -0.0838. The predicted molar refractivity (Wildman–Crippen MR) is 70.4 cm³/mol. The highest BCUT2D eigenvalue weighted by atomic mass is 19.3. The van der Waals surface area contributed by atoms with E-state index in [-0.39, 0.29) is 13.2 Å². The average Bonchev–Trinajstić information content (AvgIpc) is 2.33. The smallest absolute Gasteiger partial charge is 0.410 e. The van der Waals surface area contributed by atoms with Crippen LogP contribution in [0.2, 0.25) is 0 Å². The van der Waals surface area contributed by atoms with Crippen molar-refractivity contribution in [3.8, 4) is 0 Å². The molecular weight excluding hydrogens is 266 g/mol. The normalized spacial score (nSPS) is 25.3. The number of carbonyl (C=O) groups is 1. The molecule has 1 atom stereocenters. The zero-order chi connectivity index (χ0) is 14.8. The van der Waals surface area contributed by atoms with Gasteiger partial charge in [0.2, 0.25) is 0 Å². The van der Waals surface area contributed by atoms with E-state index >= 15 is 0 Å². The highest BCUT2D eigenvalue weighted by Crippen LogP contribution is 2.31. The number of nitrogens with zero attached hydrogens (tertiary/aromatic N) is 1. The highest BCUT2D eigenvalue weighted by molar-refractivity contribution is 5.68. The van der Waals surface area contributed by atoms with E-state index in [1.165, 1.54) is 6.92 Å². The summed E-state index contributed by atoms with van der Waals surface area (Å²) >= 11 is 0. The molecule has 2 N–H and O–H groups in total. The van der Waals surface area contributed by atoms with E-state index in [4.69, 9.17) is 10.5 Å². The minimum atomic E-state index is -2.98. The number of likely N-dealkylation sites (tertiary alicyclic amines) is 1. The van der Waals surface area contributed by atoms with Gasteiger partial charge in [0, 0.05) is 18.5 Å². The maximum atomic E-state index is 13.5. The van der Waals surface area contributed by atoms with Gasteiger partial charge >= 0.3 is 6.09 Å². The molecule has 4 nitrogen and oxygen atoms in total. The van der Waals surface area contributed by atoms with Gasteiger partial charge in [-0.2, -0.15) is 0 Å². The molecule has 1 aromatic rings. The second-order valence-corrected chi connectivity index (χ2v) is 5.58. The lowest BCUT2D eigenvalue weighted by Crippen LogP contribution is -2.60. The summed E-state index contributed by atoms with van der Waals surface area (Å²) in [7, 11) is 0.